The van der Waals surface area contributed by atoms with Crippen LogP contribution in [0.5, 0.6) is 0 Å². The largest absolute Gasteiger partial charge is 0.465 e. The van der Waals surface area contributed by atoms with Gasteiger partial charge in [0.15, 0.2) is 0 Å². The molecule has 1 aliphatic rings. The lowest BCUT2D eigenvalue weighted by atomic mass is 10.1. The molecule has 0 aliphatic carbocycles. The maximum absolute atomic E-state index is 12.3. The number of piperidine rings is 1. The Labute approximate surface area is 152 Å². The van der Waals surface area contributed by atoms with Crippen LogP contribution in [0.25, 0.3) is 0 Å². The van der Waals surface area contributed by atoms with E-state index < -0.39 is 5.97 Å². The summed E-state index contributed by atoms with van der Waals surface area (Å²) in [5.74, 6) is -0.404. The number of ether oxygens (including phenoxy) is 1. The van der Waals surface area contributed by atoms with Crippen LogP contribution < -0.4 is 10.7 Å². The lowest BCUT2D eigenvalue weighted by Gasteiger charge is -2.43. The number of carbonyl (C=O) groups excluding carboxylic acids is 1. The maximum Gasteiger partial charge on any atom is 0.340 e. The summed E-state index contributed by atoms with van der Waals surface area (Å²) in [6.45, 7) is 0.809. The molecular formula is C19H22ClN3O2. The highest BCUT2D eigenvalue weighted by atomic mass is 35.5. The summed E-state index contributed by atoms with van der Waals surface area (Å²) in [5.41, 5.74) is 8.43. The van der Waals surface area contributed by atoms with Gasteiger partial charge in [-0.15, -0.1) is 0 Å². The lowest BCUT2D eigenvalue weighted by molar-refractivity contribution is 0.0599. The van der Waals surface area contributed by atoms with Gasteiger partial charge in [0, 0.05) is 11.6 Å². The fourth-order valence-corrected chi connectivity index (χ4v) is 3.31. The molecule has 0 bridgehead atoms. The van der Waals surface area contributed by atoms with E-state index in [1.54, 1.807) is 18.2 Å². The van der Waals surface area contributed by atoms with E-state index in [0.717, 1.165) is 31.5 Å². The predicted molar refractivity (Wildman–Crippen MR) is 99.9 cm³/mol. The van der Waals surface area contributed by atoms with Crippen LogP contribution >= 0.6 is 11.6 Å². The molecule has 1 unspecified atom stereocenters. The van der Waals surface area contributed by atoms with Gasteiger partial charge in [-0.1, -0.05) is 29.8 Å². The molecule has 0 amide bonds. The number of halogens is 1. The summed E-state index contributed by atoms with van der Waals surface area (Å²) < 4.78 is 4.96. The minimum Gasteiger partial charge on any atom is -0.465 e. The second-order valence-corrected chi connectivity index (χ2v) is 6.46. The van der Waals surface area contributed by atoms with E-state index in [0.29, 0.717) is 16.3 Å². The topological polar surface area (TPSA) is 58.8 Å². The molecule has 1 heterocycles. The minimum absolute atomic E-state index is 0.126. The first-order valence-corrected chi connectivity index (χ1v) is 8.75. The van der Waals surface area contributed by atoms with Gasteiger partial charge < -0.3 is 10.5 Å². The molecule has 1 fully saturated rings. The number of nitrogens with two attached hydrogens (primary N) is 1. The fraction of sp³-hybridized carbons (Fsp3) is 0.316. The van der Waals surface area contributed by atoms with E-state index in [4.69, 9.17) is 22.1 Å². The van der Waals surface area contributed by atoms with Gasteiger partial charge in [-0.05, 0) is 49.6 Å². The van der Waals surface area contributed by atoms with Gasteiger partial charge in [0.25, 0.3) is 0 Å². The number of para-hydroxylation sites is 1. The SMILES string of the molecule is COC(=O)c1ccc(Cl)cc1N(c1ccccc1)N1CCCCC1N. The summed E-state index contributed by atoms with van der Waals surface area (Å²) in [7, 11) is 1.38. The third-order valence-corrected chi connectivity index (χ3v) is 4.61. The smallest absolute Gasteiger partial charge is 0.340 e. The predicted octanol–water partition coefficient (Wildman–Crippen LogP) is 3.95. The van der Waals surface area contributed by atoms with Crippen LogP contribution in [0.3, 0.4) is 0 Å². The van der Waals surface area contributed by atoms with E-state index >= 15 is 0 Å². The van der Waals surface area contributed by atoms with E-state index in [1.165, 1.54) is 7.11 Å². The molecule has 0 radical (unpaired) electrons. The first-order valence-electron chi connectivity index (χ1n) is 8.37. The Morgan fingerprint density at radius 2 is 2.00 bits per heavy atom. The van der Waals surface area contributed by atoms with Gasteiger partial charge in [0.1, 0.15) is 0 Å². The molecule has 3 rings (SSSR count). The van der Waals surface area contributed by atoms with Crippen molar-refractivity contribution >= 4 is 28.9 Å². The zero-order chi connectivity index (χ0) is 17.8. The van der Waals surface area contributed by atoms with E-state index in [2.05, 4.69) is 5.01 Å². The van der Waals surface area contributed by atoms with Crippen molar-refractivity contribution < 1.29 is 9.53 Å². The molecule has 0 saturated carbocycles. The number of hydrazine groups is 1. The number of esters is 1. The van der Waals surface area contributed by atoms with Gasteiger partial charge in [-0.2, -0.15) is 5.01 Å². The van der Waals surface area contributed by atoms with Crippen LogP contribution in [0.4, 0.5) is 11.4 Å². The Hall–Kier alpha value is -2.08. The van der Waals surface area contributed by atoms with Gasteiger partial charge >= 0.3 is 5.97 Å². The number of benzene rings is 2. The summed E-state index contributed by atoms with van der Waals surface area (Å²) in [4.78, 5) is 12.3. The third-order valence-electron chi connectivity index (χ3n) is 4.37. The summed E-state index contributed by atoms with van der Waals surface area (Å²) in [6.07, 6.45) is 2.92. The molecule has 1 aliphatic heterocycles. The number of nitrogens with zero attached hydrogens (tertiary/aromatic N) is 2. The number of anilines is 2. The van der Waals surface area contributed by atoms with Crippen molar-refractivity contribution in [2.75, 3.05) is 18.7 Å². The monoisotopic (exact) mass is 359 g/mol. The quantitative estimate of drug-likeness (QED) is 0.837. The maximum atomic E-state index is 12.3. The first kappa shape index (κ1) is 17.7. The van der Waals surface area contributed by atoms with E-state index in [-0.39, 0.29) is 6.17 Å². The average Bonchev–Trinajstić information content (AvgIpc) is 2.64. The number of methoxy groups -OCH3 is 1. The molecule has 132 valence electrons. The highest BCUT2D eigenvalue weighted by Gasteiger charge is 2.29. The Morgan fingerprint density at radius 1 is 1.24 bits per heavy atom. The van der Waals surface area contributed by atoms with Crippen molar-refractivity contribution in [3.63, 3.8) is 0 Å². The van der Waals surface area contributed by atoms with Crippen LogP contribution in [0, 0.1) is 0 Å². The van der Waals surface area contributed by atoms with Gasteiger partial charge in [-0.25, -0.2) is 4.79 Å². The number of rotatable bonds is 4. The van der Waals surface area contributed by atoms with Crippen molar-refractivity contribution in [3.8, 4) is 0 Å². The zero-order valence-corrected chi connectivity index (χ0v) is 14.9. The Morgan fingerprint density at radius 3 is 2.68 bits per heavy atom. The minimum atomic E-state index is -0.404. The van der Waals surface area contributed by atoms with Crippen LogP contribution in [0.15, 0.2) is 48.5 Å². The summed E-state index contributed by atoms with van der Waals surface area (Å²) in [5, 5.41) is 4.63. The average molecular weight is 360 g/mol. The lowest BCUT2D eigenvalue weighted by Crippen LogP contribution is -2.53. The molecule has 6 heteroatoms. The number of hydrogen-bond acceptors (Lipinski definition) is 5. The first-order chi connectivity index (χ1) is 12.1. The van der Waals surface area contributed by atoms with Crippen LogP contribution in [-0.4, -0.2) is 30.8 Å². The molecule has 0 aromatic heterocycles. The van der Waals surface area contributed by atoms with Crippen molar-refractivity contribution in [3.05, 3.63) is 59.1 Å². The summed E-state index contributed by atoms with van der Waals surface area (Å²) >= 11 is 6.24. The van der Waals surface area contributed by atoms with Gasteiger partial charge in [-0.3, -0.25) is 5.01 Å². The zero-order valence-electron chi connectivity index (χ0n) is 14.2. The summed E-state index contributed by atoms with van der Waals surface area (Å²) in [6, 6.07) is 15.0. The van der Waals surface area contributed by atoms with Crippen molar-refractivity contribution in [1.29, 1.82) is 0 Å². The van der Waals surface area contributed by atoms with Gasteiger partial charge in [0.05, 0.1) is 30.2 Å². The Balaban J connectivity index is 2.15. The number of hydrogen-bond donors (Lipinski definition) is 1. The van der Waals surface area contributed by atoms with Crippen molar-refractivity contribution in [1.82, 2.24) is 5.01 Å². The Bertz CT molecular complexity index is 739. The normalized spacial score (nSPS) is 18.0. The van der Waals surface area contributed by atoms with E-state index in [1.807, 2.05) is 35.3 Å². The second-order valence-electron chi connectivity index (χ2n) is 6.03. The fourth-order valence-electron chi connectivity index (χ4n) is 3.15. The van der Waals surface area contributed by atoms with Crippen molar-refractivity contribution in [2.24, 2.45) is 5.73 Å². The van der Waals surface area contributed by atoms with E-state index in [9.17, 15) is 4.79 Å². The van der Waals surface area contributed by atoms with Crippen LogP contribution in [0.1, 0.15) is 29.6 Å². The van der Waals surface area contributed by atoms with Crippen molar-refractivity contribution in [2.45, 2.75) is 25.4 Å². The molecule has 1 saturated heterocycles. The molecule has 2 aromatic carbocycles. The third kappa shape index (κ3) is 3.79. The highest BCUT2D eigenvalue weighted by Crippen LogP contribution is 2.35. The Kier molecular flexibility index (Phi) is 5.58. The molecule has 25 heavy (non-hydrogen) atoms. The molecule has 2 aromatic rings. The van der Waals surface area contributed by atoms with Crippen LogP contribution in [0.2, 0.25) is 5.02 Å². The molecule has 2 N–H and O–H groups in total. The molecular weight excluding hydrogens is 338 g/mol. The number of carbonyl (C=O) groups is 1. The van der Waals surface area contributed by atoms with Crippen LogP contribution in [-0.2, 0) is 4.74 Å². The molecule has 1 atom stereocenters. The second kappa shape index (κ2) is 7.87. The van der Waals surface area contributed by atoms with Gasteiger partial charge in [0.2, 0.25) is 0 Å². The molecule has 5 nitrogen and oxygen atoms in total. The highest BCUT2D eigenvalue weighted by molar-refractivity contribution is 6.31. The molecule has 0 spiro atoms. The standard InChI is InChI=1S/C19H22ClN3O2/c1-25-19(24)16-11-10-14(20)13-17(16)23(15-7-3-2-4-8-15)22-12-6-5-9-18(22)21/h2-4,7-8,10-11,13,18H,5-6,9,12,21H2,1H3.